The number of anilines is 1. The molecule has 0 radical (unpaired) electrons. The van der Waals surface area contributed by atoms with Crippen molar-refractivity contribution in [2.45, 2.75) is 25.8 Å². The molecule has 2 rings (SSSR count). The number of benzene rings is 1. The Bertz CT molecular complexity index is 519. The molecule has 0 saturated carbocycles. The van der Waals surface area contributed by atoms with Gasteiger partial charge < -0.3 is 15.4 Å². The van der Waals surface area contributed by atoms with E-state index in [-0.39, 0.29) is 12.4 Å². The van der Waals surface area contributed by atoms with E-state index in [9.17, 15) is 9.50 Å². The lowest BCUT2D eigenvalue weighted by atomic mass is 10.0. The molecule has 1 unspecified atom stereocenters. The van der Waals surface area contributed by atoms with E-state index in [2.05, 4.69) is 15.3 Å². The number of aromatic nitrogens is 2. The van der Waals surface area contributed by atoms with Gasteiger partial charge >= 0.3 is 0 Å². The summed E-state index contributed by atoms with van der Waals surface area (Å²) in [5.41, 5.74) is 0.918. The van der Waals surface area contributed by atoms with Gasteiger partial charge in [0.15, 0.2) is 0 Å². The summed E-state index contributed by atoms with van der Waals surface area (Å²) in [5.74, 6) is 0.247. The summed E-state index contributed by atoms with van der Waals surface area (Å²) in [6.45, 7) is 3.89. The number of fused-ring (bicyclic) bond motifs is 1. The number of imidazole rings is 1. The quantitative estimate of drug-likeness (QED) is 0.764. The summed E-state index contributed by atoms with van der Waals surface area (Å²) in [4.78, 5) is 7.28. The summed E-state index contributed by atoms with van der Waals surface area (Å²) in [7, 11) is 0. The Labute approximate surface area is 98.9 Å². The third-order valence-corrected chi connectivity index (χ3v) is 2.99. The van der Waals surface area contributed by atoms with E-state index in [1.807, 2.05) is 13.8 Å². The molecule has 1 aromatic heterocycles. The Kier molecular flexibility index (Phi) is 3.02. The van der Waals surface area contributed by atoms with Gasteiger partial charge in [-0.3, -0.25) is 0 Å². The summed E-state index contributed by atoms with van der Waals surface area (Å²) in [5, 5.41) is 12.4. The lowest BCUT2D eigenvalue weighted by Crippen LogP contribution is -2.38. The molecule has 0 fully saturated rings. The highest BCUT2D eigenvalue weighted by Crippen LogP contribution is 2.19. The smallest absolute Gasteiger partial charge is 0.201 e. The minimum Gasteiger partial charge on any atom is -0.394 e. The predicted molar refractivity (Wildman–Crippen MR) is 65.5 cm³/mol. The fourth-order valence-corrected chi connectivity index (χ4v) is 1.57. The highest BCUT2D eigenvalue weighted by atomic mass is 19.1. The lowest BCUT2D eigenvalue weighted by molar-refractivity contribution is 0.218. The summed E-state index contributed by atoms with van der Waals surface area (Å²) in [6.07, 6.45) is 0.759. The first-order valence-corrected chi connectivity index (χ1v) is 5.60. The molecule has 0 bridgehead atoms. The molecular formula is C12H16FN3O. The molecule has 0 amide bonds. The van der Waals surface area contributed by atoms with E-state index in [1.165, 1.54) is 12.1 Å². The molecule has 0 spiro atoms. The average molecular weight is 237 g/mol. The summed E-state index contributed by atoms with van der Waals surface area (Å²) in [6, 6.07) is 4.39. The predicted octanol–water partition coefficient (Wildman–Crippen LogP) is 2.27. The standard InChI is InChI=1S/C12H16FN3O/c1-3-12(2,7-17)16-11-14-9-5-4-8(13)6-10(9)15-11/h4-6,17H,3,7H2,1-2H3,(H2,14,15,16). The van der Waals surface area contributed by atoms with Gasteiger partial charge in [0.05, 0.1) is 23.2 Å². The van der Waals surface area contributed by atoms with E-state index < -0.39 is 5.54 Å². The zero-order chi connectivity index (χ0) is 12.5. The zero-order valence-corrected chi connectivity index (χ0v) is 9.92. The van der Waals surface area contributed by atoms with E-state index >= 15 is 0 Å². The minimum absolute atomic E-state index is 0.00884. The topological polar surface area (TPSA) is 60.9 Å². The van der Waals surface area contributed by atoms with Crippen molar-refractivity contribution in [3.8, 4) is 0 Å². The summed E-state index contributed by atoms with van der Waals surface area (Å²) >= 11 is 0. The van der Waals surface area contributed by atoms with Crippen LogP contribution < -0.4 is 5.32 Å². The molecule has 1 atom stereocenters. The molecule has 2 aromatic rings. The van der Waals surface area contributed by atoms with Crippen LogP contribution in [0.25, 0.3) is 11.0 Å². The normalized spacial score (nSPS) is 14.8. The number of hydrogen-bond donors (Lipinski definition) is 3. The number of aliphatic hydroxyl groups excluding tert-OH is 1. The zero-order valence-electron chi connectivity index (χ0n) is 9.92. The lowest BCUT2D eigenvalue weighted by Gasteiger charge is -2.26. The maximum atomic E-state index is 13.0. The molecule has 3 N–H and O–H groups in total. The van der Waals surface area contributed by atoms with Crippen LogP contribution in [0, 0.1) is 5.82 Å². The van der Waals surface area contributed by atoms with Gasteiger partial charge in [-0.25, -0.2) is 9.37 Å². The Morgan fingerprint density at radius 1 is 1.53 bits per heavy atom. The number of H-pyrrole nitrogens is 1. The van der Waals surface area contributed by atoms with E-state index in [0.717, 1.165) is 6.42 Å². The maximum Gasteiger partial charge on any atom is 0.201 e. The Morgan fingerprint density at radius 2 is 2.29 bits per heavy atom. The van der Waals surface area contributed by atoms with Crippen LogP contribution in [0.1, 0.15) is 20.3 Å². The Balaban J connectivity index is 2.31. The monoisotopic (exact) mass is 237 g/mol. The second kappa shape index (κ2) is 4.33. The first kappa shape index (κ1) is 11.9. The number of nitrogens with zero attached hydrogens (tertiary/aromatic N) is 1. The van der Waals surface area contributed by atoms with Crippen molar-refractivity contribution in [2.24, 2.45) is 0 Å². The largest absolute Gasteiger partial charge is 0.394 e. The van der Waals surface area contributed by atoms with Crippen molar-refractivity contribution in [3.05, 3.63) is 24.0 Å². The molecule has 1 heterocycles. The maximum absolute atomic E-state index is 13.0. The van der Waals surface area contributed by atoms with Crippen LogP contribution in [0.2, 0.25) is 0 Å². The van der Waals surface area contributed by atoms with Gasteiger partial charge in [-0.05, 0) is 31.5 Å². The number of halogens is 1. The van der Waals surface area contributed by atoms with Gasteiger partial charge in [0, 0.05) is 0 Å². The highest BCUT2D eigenvalue weighted by Gasteiger charge is 2.21. The number of hydrogen-bond acceptors (Lipinski definition) is 3. The number of rotatable bonds is 4. The molecule has 4 nitrogen and oxygen atoms in total. The Morgan fingerprint density at radius 3 is 2.94 bits per heavy atom. The number of aromatic amines is 1. The van der Waals surface area contributed by atoms with Crippen LogP contribution in [0.15, 0.2) is 18.2 Å². The van der Waals surface area contributed by atoms with Crippen LogP contribution in [0.5, 0.6) is 0 Å². The molecule has 0 aliphatic heterocycles. The first-order chi connectivity index (χ1) is 8.06. The average Bonchev–Trinajstić information content (AvgIpc) is 2.70. The third kappa shape index (κ3) is 2.39. The third-order valence-electron chi connectivity index (χ3n) is 2.99. The van der Waals surface area contributed by atoms with Gasteiger partial charge in [0.25, 0.3) is 0 Å². The minimum atomic E-state index is -0.424. The fourth-order valence-electron chi connectivity index (χ4n) is 1.57. The van der Waals surface area contributed by atoms with Gasteiger partial charge in [0.1, 0.15) is 5.82 Å². The van der Waals surface area contributed by atoms with Crippen LogP contribution in [0.3, 0.4) is 0 Å². The molecule has 0 aliphatic carbocycles. The van der Waals surface area contributed by atoms with Gasteiger partial charge in [-0.2, -0.15) is 0 Å². The first-order valence-electron chi connectivity index (χ1n) is 5.60. The summed E-state index contributed by atoms with van der Waals surface area (Å²) < 4.78 is 13.0. The van der Waals surface area contributed by atoms with Gasteiger partial charge in [-0.15, -0.1) is 0 Å². The highest BCUT2D eigenvalue weighted by molar-refractivity contribution is 5.77. The van der Waals surface area contributed by atoms with E-state index in [0.29, 0.717) is 17.0 Å². The molecule has 92 valence electrons. The molecule has 5 heteroatoms. The molecule has 17 heavy (non-hydrogen) atoms. The van der Waals surface area contributed by atoms with Gasteiger partial charge in [-0.1, -0.05) is 6.92 Å². The Hall–Kier alpha value is -1.62. The van der Waals surface area contributed by atoms with Crippen LogP contribution in [-0.4, -0.2) is 27.2 Å². The van der Waals surface area contributed by atoms with Gasteiger partial charge in [0.2, 0.25) is 5.95 Å². The van der Waals surface area contributed by atoms with Crippen LogP contribution >= 0.6 is 0 Å². The fraction of sp³-hybridized carbons (Fsp3) is 0.417. The van der Waals surface area contributed by atoms with Crippen molar-refractivity contribution >= 4 is 17.0 Å². The van der Waals surface area contributed by atoms with Crippen LogP contribution in [0.4, 0.5) is 10.3 Å². The van der Waals surface area contributed by atoms with Crippen molar-refractivity contribution in [2.75, 3.05) is 11.9 Å². The number of nitrogens with one attached hydrogen (secondary N) is 2. The number of aliphatic hydroxyl groups is 1. The van der Waals surface area contributed by atoms with Crippen LogP contribution in [-0.2, 0) is 0 Å². The molecule has 1 aromatic carbocycles. The van der Waals surface area contributed by atoms with E-state index in [1.54, 1.807) is 6.07 Å². The SMILES string of the molecule is CCC(C)(CO)Nc1nc2ccc(F)cc2[nH]1. The van der Waals surface area contributed by atoms with E-state index in [4.69, 9.17) is 0 Å². The second-order valence-electron chi connectivity index (χ2n) is 4.44. The second-order valence-corrected chi connectivity index (χ2v) is 4.44. The van der Waals surface area contributed by atoms with Crippen molar-refractivity contribution in [3.63, 3.8) is 0 Å². The molecule has 0 saturated heterocycles. The van der Waals surface area contributed by atoms with Crippen molar-refractivity contribution in [1.29, 1.82) is 0 Å². The van der Waals surface area contributed by atoms with Crippen molar-refractivity contribution in [1.82, 2.24) is 9.97 Å². The molecular weight excluding hydrogens is 221 g/mol. The van der Waals surface area contributed by atoms with Crippen molar-refractivity contribution < 1.29 is 9.50 Å². The molecule has 0 aliphatic rings.